The highest BCUT2D eigenvalue weighted by molar-refractivity contribution is 5.14. The van der Waals surface area contributed by atoms with Gasteiger partial charge in [-0.15, -0.1) is 6.58 Å². The lowest BCUT2D eigenvalue weighted by Gasteiger charge is -2.15. The predicted molar refractivity (Wildman–Crippen MR) is 69.2 cm³/mol. The van der Waals surface area contributed by atoms with Crippen molar-refractivity contribution >= 4 is 0 Å². The SMILES string of the molecule is C=CC[C@H]1CN(Cc2ccccc2)C[C@H]1C. The largest absolute Gasteiger partial charge is 0.299 e. The molecule has 86 valence electrons. The van der Waals surface area contributed by atoms with E-state index < -0.39 is 0 Å². The summed E-state index contributed by atoms with van der Waals surface area (Å²) in [4.78, 5) is 2.56. The van der Waals surface area contributed by atoms with Gasteiger partial charge in [-0.25, -0.2) is 0 Å². The molecule has 1 saturated heterocycles. The maximum absolute atomic E-state index is 3.85. The first-order chi connectivity index (χ1) is 7.79. The van der Waals surface area contributed by atoms with Gasteiger partial charge in [0.05, 0.1) is 0 Å². The van der Waals surface area contributed by atoms with E-state index in [1.54, 1.807) is 0 Å². The first-order valence-corrected chi connectivity index (χ1v) is 6.16. The smallest absolute Gasteiger partial charge is 0.0233 e. The van der Waals surface area contributed by atoms with E-state index in [4.69, 9.17) is 0 Å². The summed E-state index contributed by atoms with van der Waals surface area (Å²) in [5, 5.41) is 0. The predicted octanol–water partition coefficient (Wildman–Crippen LogP) is 3.33. The van der Waals surface area contributed by atoms with Gasteiger partial charge in [-0.3, -0.25) is 4.90 Å². The zero-order valence-corrected chi connectivity index (χ0v) is 10.1. The minimum absolute atomic E-state index is 0.807. The number of rotatable bonds is 4. The molecule has 2 atom stereocenters. The number of nitrogens with zero attached hydrogens (tertiary/aromatic N) is 1. The Morgan fingerprint density at radius 3 is 2.75 bits per heavy atom. The van der Waals surface area contributed by atoms with Crippen molar-refractivity contribution in [3.63, 3.8) is 0 Å². The fraction of sp³-hybridized carbons (Fsp3) is 0.467. The molecule has 1 aliphatic heterocycles. The van der Waals surface area contributed by atoms with Crippen LogP contribution >= 0.6 is 0 Å². The quantitative estimate of drug-likeness (QED) is 0.696. The second-order valence-corrected chi connectivity index (χ2v) is 4.94. The molecule has 1 heterocycles. The summed E-state index contributed by atoms with van der Waals surface area (Å²) in [6, 6.07) is 10.7. The maximum Gasteiger partial charge on any atom is 0.0233 e. The van der Waals surface area contributed by atoms with Gasteiger partial charge in [0.2, 0.25) is 0 Å². The molecular formula is C15H21N. The van der Waals surface area contributed by atoms with Crippen LogP contribution < -0.4 is 0 Å². The minimum atomic E-state index is 0.807. The van der Waals surface area contributed by atoms with Crippen LogP contribution in [0.3, 0.4) is 0 Å². The average Bonchev–Trinajstić information content (AvgIpc) is 2.61. The van der Waals surface area contributed by atoms with Crippen LogP contribution in [-0.2, 0) is 6.54 Å². The lowest BCUT2D eigenvalue weighted by Crippen LogP contribution is -2.20. The molecule has 0 bridgehead atoms. The van der Waals surface area contributed by atoms with Gasteiger partial charge in [-0.2, -0.15) is 0 Å². The number of benzene rings is 1. The van der Waals surface area contributed by atoms with Crippen LogP contribution in [0.2, 0.25) is 0 Å². The fourth-order valence-corrected chi connectivity index (χ4v) is 2.63. The summed E-state index contributed by atoms with van der Waals surface area (Å²) >= 11 is 0. The minimum Gasteiger partial charge on any atom is -0.299 e. The molecule has 1 aliphatic rings. The van der Waals surface area contributed by atoms with E-state index in [0.717, 1.165) is 24.8 Å². The van der Waals surface area contributed by atoms with Crippen molar-refractivity contribution in [2.75, 3.05) is 13.1 Å². The Morgan fingerprint density at radius 2 is 2.06 bits per heavy atom. The molecule has 0 amide bonds. The monoisotopic (exact) mass is 215 g/mol. The van der Waals surface area contributed by atoms with E-state index in [2.05, 4.69) is 54.8 Å². The molecule has 1 heteroatoms. The van der Waals surface area contributed by atoms with E-state index in [1.165, 1.54) is 18.7 Å². The third-order valence-electron chi connectivity index (χ3n) is 3.56. The van der Waals surface area contributed by atoms with Crippen molar-refractivity contribution < 1.29 is 0 Å². The Morgan fingerprint density at radius 1 is 1.31 bits per heavy atom. The molecule has 1 aromatic rings. The Bertz CT molecular complexity index is 331. The first kappa shape index (κ1) is 11.4. The van der Waals surface area contributed by atoms with Gasteiger partial charge in [0, 0.05) is 19.6 Å². The van der Waals surface area contributed by atoms with Crippen molar-refractivity contribution in [2.24, 2.45) is 11.8 Å². The molecule has 0 N–H and O–H groups in total. The molecule has 0 radical (unpaired) electrons. The topological polar surface area (TPSA) is 3.24 Å². The lowest BCUT2D eigenvalue weighted by molar-refractivity contribution is 0.314. The molecule has 0 aliphatic carbocycles. The van der Waals surface area contributed by atoms with Crippen LogP contribution in [0, 0.1) is 11.8 Å². The van der Waals surface area contributed by atoms with Crippen LogP contribution in [-0.4, -0.2) is 18.0 Å². The average molecular weight is 215 g/mol. The third kappa shape index (κ3) is 2.73. The van der Waals surface area contributed by atoms with E-state index in [1.807, 2.05) is 0 Å². The summed E-state index contributed by atoms with van der Waals surface area (Å²) in [7, 11) is 0. The summed E-state index contributed by atoms with van der Waals surface area (Å²) in [6.07, 6.45) is 3.22. The molecule has 0 aromatic heterocycles. The van der Waals surface area contributed by atoms with E-state index in [-0.39, 0.29) is 0 Å². The van der Waals surface area contributed by atoms with Gasteiger partial charge in [0.25, 0.3) is 0 Å². The normalized spacial score (nSPS) is 25.8. The van der Waals surface area contributed by atoms with Crippen LogP contribution in [0.4, 0.5) is 0 Å². The molecule has 0 saturated carbocycles. The lowest BCUT2D eigenvalue weighted by atomic mass is 9.95. The van der Waals surface area contributed by atoms with Crippen molar-refractivity contribution in [1.82, 2.24) is 4.90 Å². The number of likely N-dealkylation sites (tertiary alicyclic amines) is 1. The molecule has 2 rings (SSSR count). The van der Waals surface area contributed by atoms with Crippen molar-refractivity contribution in [3.05, 3.63) is 48.6 Å². The van der Waals surface area contributed by atoms with E-state index in [0.29, 0.717) is 0 Å². The van der Waals surface area contributed by atoms with Gasteiger partial charge in [-0.05, 0) is 23.8 Å². The molecule has 16 heavy (non-hydrogen) atoms. The van der Waals surface area contributed by atoms with Crippen molar-refractivity contribution in [1.29, 1.82) is 0 Å². The highest BCUT2D eigenvalue weighted by Gasteiger charge is 2.28. The van der Waals surface area contributed by atoms with Gasteiger partial charge in [0.1, 0.15) is 0 Å². The zero-order valence-electron chi connectivity index (χ0n) is 10.1. The molecule has 1 fully saturated rings. The Labute approximate surface area is 98.8 Å². The van der Waals surface area contributed by atoms with Crippen LogP contribution in [0.5, 0.6) is 0 Å². The van der Waals surface area contributed by atoms with Gasteiger partial charge >= 0.3 is 0 Å². The third-order valence-corrected chi connectivity index (χ3v) is 3.56. The second-order valence-electron chi connectivity index (χ2n) is 4.94. The molecule has 1 nitrogen and oxygen atoms in total. The first-order valence-electron chi connectivity index (χ1n) is 6.16. The van der Waals surface area contributed by atoms with Crippen molar-refractivity contribution in [2.45, 2.75) is 19.9 Å². The molecular weight excluding hydrogens is 194 g/mol. The van der Waals surface area contributed by atoms with Crippen LogP contribution in [0.1, 0.15) is 18.9 Å². The van der Waals surface area contributed by atoms with E-state index in [9.17, 15) is 0 Å². The highest BCUT2D eigenvalue weighted by Crippen LogP contribution is 2.27. The van der Waals surface area contributed by atoms with Crippen LogP contribution in [0.15, 0.2) is 43.0 Å². The van der Waals surface area contributed by atoms with Crippen molar-refractivity contribution in [3.8, 4) is 0 Å². The highest BCUT2D eigenvalue weighted by atomic mass is 15.1. The molecule has 1 aromatic carbocycles. The molecule has 0 unspecified atom stereocenters. The summed E-state index contributed by atoms with van der Waals surface area (Å²) in [6.45, 7) is 9.76. The van der Waals surface area contributed by atoms with Crippen LogP contribution in [0.25, 0.3) is 0 Å². The number of hydrogen-bond acceptors (Lipinski definition) is 1. The Hall–Kier alpha value is -1.08. The van der Waals surface area contributed by atoms with Gasteiger partial charge in [-0.1, -0.05) is 43.3 Å². The van der Waals surface area contributed by atoms with Gasteiger partial charge < -0.3 is 0 Å². The summed E-state index contributed by atoms with van der Waals surface area (Å²) in [5.74, 6) is 1.61. The second kappa shape index (κ2) is 5.31. The summed E-state index contributed by atoms with van der Waals surface area (Å²) in [5.41, 5.74) is 1.42. The number of allylic oxidation sites excluding steroid dienone is 1. The fourth-order valence-electron chi connectivity index (χ4n) is 2.63. The van der Waals surface area contributed by atoms with E-state index >= 15 is 0 Å². The number of hydrogen-bond donors (Lipinski definition) is 0. The standard InChI is InChI=1S/C15H21N/c1-3-7-15-12-16(10-13(15)2)11-14-8-5-4-6-9-14/h3-6,8-9,13,15H,1,7,10-12H2,2H3/t13-,15+/m1/s1. The Kier molecular flexibility index (Phi) is 3.79. The maximum atomic E-state index is 3.85. The van der Waals surface area contributed by atoms with Gasteiger partial charge in [0.15, 0.2) is 0 Å². The summed E-state index contributed by atoms with van der Waals surface area (Å²) < 4.78 is 0. The zero-order chi connectivity index (χ0) is 11.4. The Balaban J connectivity index is 1.91. The molecule has 0 spiro atoms.